The minimum absolute atomic E-state index is 0.0591. The molecule has 0 atom stereocenters. The van der Waals surface area contributed by atoms with Crippen LogP contribution in [0, 0.1) is 0 Å². The molecule has 1 saturated carbocycles. The number of rotatable bonds is 4. The molecule has 3 aromatic rings. The Morgan fingerprint density at radius 2 is 2.04 bits per heavy atom. The summed E-state index contributed by atoms with van der Waals surface area (Å²) in [6, 6.07) is 7.96. The normalized spacial score (nSPS) is 16.1. The van der Waals surface area contributed by atoms with Crippen molar-refractivity contribution in [1.29, 1.82) is 0 Å². The fourth-order valence-corrected chi connectivity index (χ4v) is 3.12. The van der Waals surface area contributed by atoms with Crippen LogP contribution < -0.4 is 0 Å². The largest absolute Gasteiger partial charge is 0.296 e. The number of hydrogen-bond donors (Lipinski definition) is 0. The van der Waals surface area contributed by atoms with Crippen LogP contribution in [0.25, 0.3) is 21.9 Å². The standard InChI is InChI=1S/C19H18FN3O/c1-23-12-16(11-22-23)13-3-4-14-10-21-17(8-15(14)7-13)9-18(24)19(20)5-2-6-19/h3-4,7-8,10-12H,2,5-6,9H2,1H3. The van der Waals surface area contributed by atoms with Crippen molar-refractivity contribution in [2.45, 2.75) is 31.4 Å². The van der Waals surface area contributed by atoms with Crippen molar-refractivity contribution in [1.82, 2.24) is 14.8 Å². The zero-order valence-electron chi connectivity index (χ0n) is 13.5. The Hall–Kier alpha value is -2.56. The summed E-state index contributed by atoms with van der Waals surface area (Å²) in [7, 11) is 1.88. The zero-order chi connectivity index (χ0) is 16.7. The molecule has 0 N–H and O–H groups in total. The first-order valence-corrected chi connectivity index (χ1v) is 8.13. The van der Waals surface area contributed by atoms with Crippen LogP contribution in [-0.4, -0.2) is 26.2 Å². The highest BCUT2D eigenvalue weighted by atomic mass is 19.1. The molecular formula is C19H18FN3O. The van der Waals surface area contributed by atoms with E-state index in [9.17, 15) is 9.18 Å². The van der Waals surface area contributed by atoms with Crippen LogP contribution in [0.15, 0.2) is 42.9 Å². The molecule has 0 radical (unpaired) electrons. The van der Waals surface area contributed by atoms with Crippen molar-refractivity contribution >= 4 is 16.6 Å². The van der Waals surface area contributed by atoms with E-state index in [-0.39, 0.29) is 12.2 Å². The zero-order valence-corrected chi connectivity index (χ0v) is 13.5. The molecule has 1 fully saturated rings. The van der Waals surface area contributed by atoms with Gasteiger partial charge in [0.05, 0.1) is 12.6 Å². The number of hydrogen-bond acceptors (Lipinski definition) is 3. The maximum atomic E-state index is 14.2. The number of carbonyl (C=O) groups excluding carboxylic acids is 1. The smallest absolute Gasteiger partial charge is 0.175 e. The maximum Gasteiger partial charge on any atom is 0.175 e. The third kappa shape index (κ3) is 2.60. The van der Waals surface area contributed by atoms with Gasteiger partial charge in [-0.05, 0) is 42.3 Å². The van der Waals surface area contributed by atoms with Gasteiger partial charge < -0.3 is 0 Å². The molecule has 1 aromatic carbocycles. The van der Waals surface area contributed by atoms with Crippen molar-refractivity contribution < 1.29 is 9.18 Å². The van der Waals surface area contributed by atoms with Gasteiger partial charge in [-0.2, -0.15) is 5.10 Å². The Morgan fingerprint density at radius 3 is 2.71 bits per heavy atom. The Balaban J connectivity index is 1.65. The fourth-order valence-electron chi connectivity index (χ4n) is 3.12. The molecule has 2 heterocycles. The van der Waals surface area contributed by atoms with Gasteiger partial charge in [0.25, 0.3) is 0 Å². The van der Waals surface area contributed by atoms with Crippen LogP contribution in [0.5, 0.6) is 0 Å². The molecular weight excluding hydrogens is 305 g/mol. The lowest BCUT2D eigenvalue weighted by Gasteiger charge is -2.31. The van der Waals surface area contributed by atoms with Gasteiger partial charge in [0.1, 0.15) is 0 Å². The van der Waals surface area contributed by atoms with E-state index in [1.54, 1.807) is 10.9 Å². The van der Waals surface area contributed by atoms with Crippen LogP contribution in [0.4, 0.5) is 4.39 Å². The number of halogens is 1. The first-order valence-electron chi connectivity index (χ1n) is 8.13. The van der Waals surface area contributed by atoms with Gasteiger partial charge in [-0.3, -0.25) is 14.5 Å². The van der Waals surface area contributed by atoms with E-state index in [1.165, 1.54) is 0 Å². The SMILES string of the molecule is Cn1cc(-c2ccc3cnc(CC(=O)C4(F)CCC4)cc3c2)cn1. The van der Waals surface area contributed by atoms with Crippen LogP contribution in [0.3, 0.4) is 0 Å². The summed E-state index contributed by atoms with van der Waals surface area (Å²) in [4.78, 5) is 16.4. The highest BCUT2D eigenvalue weighted by Crippen LogP contribution is 2.37. The molecule has 0 unspecified atom stereocenters. The first kappa shape index (κ1) is 15.0. The van der Waals surface area contributed by atoms with Crippen LogP contribution in [0.2, 0.25) is 0 Å². The summed E-state index contributed by atoms with van der Waals surface area (Å²) in [5.74, 6) is -0.344. The lowest BCUT2D eigenvalue weighted by Crippen LogP contribution is -2.41. The molecule has 0 saturated heterocycles. The van der Waals surface area contributed by atoms with Crippen molar-refractivity contribution in [3.8, 4) is 11.1 Å². The number of aromatic nitrogens is 3. The van der Waals surface area contributed by atoms with Crippen molar-refractivity contribution in [2.75, 3.05) is 0 Å². The molecule has 0 bridgehead atoms. The van der Waals surface area contributed by atoms with Gasteiger partial charge in [-0.25, -0.2) is 4.39 Å². The monoisotopic (exact) mass is 323 g/mol. The fraction of sp³-hybridized carbons (Fsp3) is 0.316. The van der Waals surface area contributed by atoms with Gasteiger partial charge in [0.15, 0.2) is 11.5 Å². The van der Waals surface area contributed by atoms with E-state index < -0.39 is 5.67 Å². The first-order chi connectivity index (χ1) is 11.5. The molecule has 0 aliphatic heterocycles. The van der Waals surface area contributed by atoms with E-state index in [2.05, 4.69) is 16.1 Å². The van der Waals surface area contributed by atoms with Crippen molar-refractivity contribution in [3.63, 3.8) is 0 Å². The van der Waals surface area contributed by atoms with Gasteiger partial charge in [0.2, 0.25) is 0 Å². The summed E-state index contributed by atoms with van der Waals surface area (Å²) in [5.41, 5.74) is 1.10. The third-order valence-corrected chi connectivity index (χ3v) is 4.80. The summed E-state index contributed by atoms with van der Waals surface area (Å²) < 4.78 is 16.0. The summed E-state index contributed by atoms with van der Waals surface area (Å²) >= 11 is 0. The number of aryl methyl sites for hydroxylation is 1. The van der Waals surface area contributed by atoms with Crippen LogP contribution in [-0.2, 0) is 18.3 Å². The second-order valence-corrected chi connectivity index (χ2v) is 6.56. The van der Waals surface area contributed by atoms with Crippen LogP contribution >= 0.6 is 0 Å². The number of alkyl halides is 1. The molecule has 1 aliphatic carbocycles. The van der Waals surface area contributed by atoms with E-state index in [4.69, 9.17) is 0 Å². The number of Topliss-reactive ketones (excluding diaryl/α,β-unsaturated/α-hetero) is 1. The number of pyridine rings is 1. The van der Waals surface area contributed by atoms with Crippen molar-refractivity contribution in [2.24, 2.45) is 7.05 Å². The second kappa shape index (κ2) is 5.51. The minimum atomic E-state index is -1.62. The van der Waals surface area contributed by atoms with Crippen LogP contribution in [0.1, 0.15) is 25.0 Å². The summed E-state index contributed by atoms with van der Waals surface area (Å²) in [6.45, 7) is 0. The molecule has 1 aliphatic rings. The second-order valence-electron chi connectivity index (χ2n) is 6.56. The average Bonchev–Trinajstić information content (AvgIpc) is 2.98. The number of ketones is 1. The highest BCUT2D eigenvalue weighted by Gasteiger charge is 2.43. The lowest BCUT2D eigenvalue weighted by atomic mass is 9.77. The molecule has 4 nitrogen and oxygen atoms in total. The lowest BCUT2D eigenvalue weighted by molar-refractivity contribution is -0.135. The molecule has 122 valence electrons. The maximum absolute atomic E-state index is 14.2. The average molecular weight is 323 g/mol. The number of fused-ring (bicyclic) bond motifs is 1. The van der Waals surface area contributed by atoms with E-state index in [0.717, 1.165) is 28.3 Å². The summed E-state index contributed by atoms with van der Waals surface area (Å²) in [6.07, 6.45) is 7.07. The number of benzene rings is 1. The van der Waals surface area contributed by atoms with Gasteiger partial charge >= 0.3 is 0 Å². The molecule has 5 heteroatoms. The van der Waals surface area contributed by atoms with Crippen molar-refractivity contribution in [3.05, 3.63) is 48.5 Å². The molecule has 24 heavy (non-hydrogen) atoms. The topological polar surface area (TPSA) is 47.8 Å². The number of carbonyl (C=O) groups is 1. The predicted molar refractivity (Wildman–Crippen MR) is 90.3 cm³/mol. The Morgan fingerprint density at radius 1 is 1.21 bits per heavy atom. The van der Waals surface area contributed by atoms with Gasteiger partial charge in [-0.15, -0.1) is 0 Å². The molecule has 0 amide bonds. The van der Waals surface area contributed by atoms with Gasteiger partial charge in [0, 0.05) is 36.1 Å². The van der Waals surface area contributed by atoms with Gasteiger partial charge in [-0.1, -0.05) is 12.1 Å². The third-order valence-electron chi connectivity index (χ3n) is 4.80. The summed E-state index contributed by atoms with van der Waals surface area (Å²) in [5, 5.41) is 6.18. The predicted octanol–water partition coefficient (Wildman–Crippen LogP) is 3.64. The highest BCUT2D eigenvalue weighted by molar-refractivity contribution is 5.91. The Bertz CT molecular complexity index is 927. The quantitative estimate of drug-likeness (QED) is 0.736. The van der Waals surface area contributed by atoms with E-state index in [0.29, 0.717) is 18.5 Å². The Labute approximate surface area is 139 Å². The Kier molecular flexibility index (Phi) is 3.44. The molecule has 0 spiro atoms. The number of nitrogens with zero attached hydrogens (tertiary/aromatic N) is 3. The minimum Gasteiger partial charge on any atom is -0.296 e. The van der Waals surface area contributed by atoms with E-state index >= 15 is 0 Å². The molecule has 2 aromatic heterocycles. The molecule has 4 rings (SSSR count). The van der Waals surface area contributed by atoms with E-state index in [1.807, 2.05) is 37.6 Å².